The number of halogens is 1. The lowest BCUT2D eigenvalue weighted by Crippen LogP contribution is -2.29. The Morgan fingerprint density at radius 2 is 1.95 bits per heavy atom. The van der Waals surface area contributed by atoms with Gasteiger partial charge in [-0.25, -0.2) is 4.98 Å². The Morgan fingerprint density at radius 1 is 1.26 bits per heavy atom. The highest BCUT2D eigenvalue weighted by Gasteiger charge is 2.14. The molecule has 2 rings (SSSR count). The number of benzene rings is 1. The quantitative estimate of drug-likeness (QED) is 0.742. The van der Waals surface area contributed by atoms with E-state index in [1.807, 2.05) is 6.20 Å². The van der Waals surface area contributed by atoms with Crippen LogP contribution in [0.5, 0.6) is 0 Å². The molecule has 0 saturated carbocycles. The molecule has 19 heavy (non-hydrogen) atoms. The largest absolute Gasteiger partial charge is 0.356 e. The zero-order valence-electron chi connectivity index (χ0n) is 11.9. The molecule has 0 spiro atoms. The smallest absolute Gasteiger partial charge is 0.136 e. The fraction of sp³-hybridized carbons (Fsp3) is 0.438. The number of nitrogens with zero attached hydrogens (tertiary/aromatic N) is 2. The van der Waals surface area contributed by atoms with E-state index < -0.39 is 0 Å². The van der Waals surface area contributed by atoms with Crippen molar-refractivity contribution in [2.75, 3.05) is 11.9 Å². The lowest BCUT2D eigenvalue weighted by atomic mass is 10.1. The number of fused-ring (bicyclic) bond motifs is 1. The van der Waals surface area contributed by atoms with Crippen LogP contribution in [-0.2, 0) is 5.88 Å². The molecule has 1 unspecified atom stereocenters. The van der Waals surface area contributed by atoms with Crippen LogP contribution in [0.3, 0.4) is 0 Å². The molecule has 0 radical (unpaired) electrons. The van der Waals surface area contributed by atoms with Gasteiger partial charge in [0.2, 0.25) is 0 Å². The standard InChI is InChI=1S/C16H21ClN2/c1-4-7-12(2)19(3)16-15-9-6-5-8-14(15)13(10-17)11-18-16/h5-6,8-9,11-12H,4,7,10H2,1-3H3. The summed E-state index contributed by atoms with van der Waals surface area (Å²) in [6.45, 7) is 4.46. The minimum Gasteiger partial charge on any atom is -0.356 e. The molecular formula is C16H21ClN2. The van der Waals surface area contributed by atoms with Crippen molar-refractivity contribution in [3.63, 3.8) is 0 Å². The van der Waals surface area contributed by atoms with Gasteiger partial charge in [-0.1, -0.05) is 37.6 Å². The van der Waals surface area contributed by atoms with E-state index >= 15 is 0 Å². The molecule has 1 atom stereocenters. The van der Waals surface area contributed by atoms with Crippen LogP contribution in [-0.4, -0.2) is 18.1 Å². The first-order valence-electron chi connectivity index (χ1n) is 6.84. The van der Waals surface area contributed by atoms with E-state index in [0.717, 1.165) is 11.4 Å². The highest BCUT2D eigenvalue weighted by molar-refractivity contribution is 6.18. The molecule has 0 amide bonds. The molecule has 0 aliphatic rings. The highest BCUT2D eigenvalue weighted by Crippen LogP contribution is 2.28. The summed E-state index contributed by atoms with van der Waals surface area (Å²) < 4.78 is 0. The molecule has 2 aromatic rings. The fourth-order valence-corrected chi connectivity index (χ4v) is 2.66. The number of pyridine rings is 1. The van der Waals surface area contributed by atoms with Gasteiger partial charge in [0.25, 0.3) is 0 Å². The maximum Gasteiger partial charge on any atom is 0.136 e. The zero-order valence-corrected chi connectivity index (χ0v) is 12.6. The van der Waals surface area contributed by atoms with E-state index in [0.29, 0.717) is 11.9 Å². The van der Waals surface area contributed by atoms with Crippen LogP contribution in [0.1, 0.15) is 32.3 Å². The Hall–Kier alpha value is -1.28. The molecule has 0 aliphatic carbocycles. The normalized spacial score (nSPS) is 12.6. The van der Waals surface area contributed by atoms with Crippen LogP contribution in [0.4, 0.5) is 5.82 Å². The Bertz CT molecular complexity index is 553. The second-order valence-corrected chi connectivity index (χ2v) is 5.30. The van der Waals surface area contributed by atoms with Crippen LogP contribution in [0, 0.1) is 0 Å². The van der Waals surface area contributed by atoms with Crippen molar-refractivity contribution in [3.05, 3.63) is 36.0 Å². The molecule has 0 fully saturated rings. The lowest BCUT2D eigenvalue weighted by Gasteiger charge is -2.27. The van der Waals surface area contributed by atoms with Crippen LogP contribution < -0.4 is 4.90 Å². The molecule has 102 valence electrons. The van der Waals surface area contributed by atoms with Crippen molar-refractivity contribution in [3.8, 4) is 0 Å². The topological polar surface area (TPSA) is 16.1 Å². The third-order valence-electron chi connectivity index (χ3n) is 3.70. The van der Waals surface area contributed by atoms with Crippen molar-refractivity contribution >= 4 is 28.2 Å². The van der Waals surface area contributed by atoms with Gasteiger partial charge >= 0.3 is 0 Å². The van der Waals surface area contributed by atoms with Crippen LogP contribution >= 0.6 is 11.6 Å². The Labute approximate surface area is 120 Å². The second-order valence-electron chi connectivity index (χ2n) is 5.03. The number of anilines is 1. The fourth-order valence-electron chi connectivity index (χ4n) is 2.44. The summed E-state index contributed by atoms with van der Waals surface area (Å²) in [7, 11) is 2.12. The first kappa shape index (κ1) is 14.1. The van der Waals surface area contributed by atoms with Gasteiger partial charge in [-0.15, -0.1) is 11.6 Å². The van der Waals surface area contributed by atoms with Gasteiger partial charge in [-0.05, 0) is 24.3 Å². The summed E-state index contributed by atoms with van der Waals surface area (Å²) in [6.07, 6.45) is 4.26. The molecule has 3 heteroatoms. The summed E-state index contributed by atoms with van der Waals surface area (Å²) in [4.78, 5) is 6.89. The Balaban J connectivity index is 2.50. The third-order valence-corrected chi connectivity index (χ3v) is 3.99. The van der Waals surface area contributed by atoms with E-state index in [1.54, 1.807) is 0 Å². The monoisotopic (exact) mass is 276 g/mol. The molecule has 0 N–H and O–H groups in total. The van der Waals surface area contributed by atoms with Crippen LogP contribution in [0.2, 0.25) is 0 Å². The van der Waals surface area contributed by atoms with Crippen molar-refractivity contribution in [2.45, 2.75) is 38.6 Å². The molecule has 0 aliphatic heterocycles. The number of alkyl halides is 1. The maximum atomic E-state index is 6.00. The van der Waals surface area contributed by atoms with E-state index in [-0.39, 0.29) is 0 Å². The molecule has 1 aromatic heterocycles. The predicted molar refractivity (Wildman–Crippen MR) is 84.1 cm³/mol. The van der Waals surface area contributed by atoms with Crippen molar-refractivity contribution in [1.29, 1.82) is 0 Å². The van der Waals surface area contributed by atoms with E-state index in [4.69, 9.17) is 11.6 Å². The number of rotatable bonds is 5. The predicted octanol–water partition coefficient (Wildman–Crippen LogP) is 4.60. The van der Waals surface area contributed by atoms with Crippen molar-refractivity contribution < 1.29 is 0 Å². The lowest BCUT2D eigenvalue weighted by molar-refractivity contribution is 0.613. The van der Waals surface area contributed by atoms with Gasteiger partial charge in [0.05, 0.1) is 0 Å². The zero-order chi connectivity index (χ0) is 13.8. The average Bonchev–Trinajstić information content (AvgIpc) is 2.45. The van der Waals surface area contributed by atoms with Crippen LogP contribution in [0.15, 0.2) is 30.5 Å². The summed E-state index contributed by atoms with van der Waals surface area (Å²) >= 11 is 6.00. The van der Waals surface area contributed by atoms with Crippen molar-refractivity contribution in [2.24, 2.45) is 0 Å². The Morgan fingerprint density at radius 3 is 2.58 bits per heavy atom. The molecule has 2 nitrogen and oxygen atoms in total. The van der Waals surface area contributed by atoms with E-state index in [9.17, 15) is 0 Å². The molecule has 1 aromatic carbocycles. The van der Waals surface area contributed by atoms with Gasteiger partial charge in [0.15, 0.2) is 0 Å². The summed E-state index contributed by atoms with van der Waals surface area (Å²) in [5.41, 5.74) is 1.09. The maximum absolute atomic E-state index is 6.00. The number of hydrogen-bond donors (Lipinski definition) is 0. The first-order chi connectivity index (χ1) is 9.19. The second kappa shape index (κ2) is 6.25. The minimum absolute atomic E-state index is 0.489. The van der Waals surface area contributed by atoms with Gasteiger partial charge in [0, 0.05) is 30.6 Å². The summed E-state index contributed by atoms with van der Waals surface area (Å²) in [6, 6.07) is 8.85. The average molecular weight is 277 g/mol. The molecule has 1 heterocycles. The Kier molecular flexibility index (Phi) is 4.65. The van der Waals surface area contributed by atoms with Gasteiger partial charge in [0.1, 0.15) is 5.82 Å². The first-order valence-corrected chi connectivity index (χ1v) is 7.37. The van der Waals surface area contributed by atoms with E-state index in [2.05, 4.69) is 55.0 Å². The molecule has 0 saturated heterocycles. The third kappa shape index (κ3) is 2.84. The van der Waals surface area contributed by atoms with Gasteiger partial charge in [-0.2, -0.15) is 0 Å². The van der Waals surface area contributed by atoms with Gasteiger partial charge < -0.3 is 4.90 Å². The van der Waals surface area contributed by atoms with Crippen molar-refractivity contribution in [1.82, 2.24) is 4.98 Å². The summed E-state index contributed by atoms with van der Waals surface area (Å²) in [5, 5.41) is 2.39. The number of hydrogen-bond acceptors (Lipinski definition) is 2. The van der Waals surface area contributed by atoms with Crippen LogP contribution in [0.25, 0.3) is 10.8 Å². The van der Waals surface area contributed by atoms with E-state index in [1.165, 1.54) is 23.6 Å². The SMILES string of the molecule is CCCC(C)N(C)c1ncc(CCl)c2ccccc12. The minimum atomic E-state index is 0.489. The van der Waals surface area contributed by atoms with Gasteiger partial charge in [-0.3, -0.25) is 0 Å². The molecular weight excluding hydrogens is 256 g/mol. The highest BCUT2D eigenvalue weighted by atomic mass is 35.5. The number of aromatic nitrogens is 1. The molecule has 0 bridgehead atoms. The summed E-state index contributed by atoms with van der Waals surface area (Å²) in [5.74, 6) is 1.55.